The predicted octanol–water partition coefficient (Wildman–Crippen LogP) is 4.51. The van der Waals surface area contributed by atoms with E-state index in [4.69, 9.17) is 0 Å². The lowest BCUT2D eigenvalue weighted by molar-refractivity contribution is -0.0523. The zero-order valence-electron chi connectivity index (χ0n) is 11.3. The summed E-state index contributed by atoms with van der Waals surface area (Å²) in [4.78, 5) is 0. The first-order valence-corrected chi connectivity index (χ1v) is 7.85. The molecule has 0 aromatic carbocycles. The Morgan fingerprint density at radius 3 is 2.16 bits per heavy atom. The first kappa shape index (κ1) is 18.3. The highest BCUT2D eigenvalue weighted by Gasteiger charge is 2.48. The highest BCUT2D eigenvalue weighted by atomic mass is 32.2. The van der Waals surface area contributed by atoms with Crippen LogP contribution in [-0.4, -0.2) is 13.9 Å². The fourth-order valence-corrected chi connectivity index (χ4v) is 1.91. The second-order valence-electron chi connectivity index (χ2n) is 4.25. The minimum atomic E-state index is -5.54. The Morgan fingerprint density at radius 1 is 1.11 bits per heavy atom. The van der Waals surface area contributed by atoms with Crippen molar-refractivity contribution >= 4 is 10.1 Å². The molecule has 7 heteroatoms. The molecule has 0 aliphatic heterocycles. The van der Waals surface area contributed by atoms with Crippen LogP contribution in [0.15, 0.2) is 11.8 Å². The molecule has 114 valence electrons. The first-order chi connectivity index (χ1) is 8.74. The van der Waals surface area contributed by atoms with Crippen molar-refractivity contribution in [1.82, 2.24) is 0 Å². The Hall–Kier alpha value is -0.720. The zero-order chi connectivity index (χ0) is 14.9. The summed E-state index contributed by atoms with van der Waals surface area (Å²) in [6.07, 6.45) is 6.18. The van der Waals surface area contributed by atoms with Gasteiger partial charge in [-0.1, -0.05) is 33.1 Å². The van der Waals surface area contributed by atoms with Crippen LogP contribution in [0, 0.1) is 0 Å². The van der Waals surface area contributed by atoms with Crippen molar-refractivity contribution < 1.29 is 25.8 Å². The van der Waals surface area contributed by atoms with E-state index in [1.165, 1.54) is 6.08 Å². The lowest BCUT2D eigenvalue weighted by atomic mass is 10.1. The predicted molar refractivity (Wildman–Crippen MR) is 67.8 cm³/mol. The number of rotatable bonds is 9. The van der Waals surface area contributed by atoms with Gasteiger partial charge in [0, 0.05) is 6.42 Å². The van der Waals surface area contributed by atoms with Crippen molar-refractivity contribution in [2.75, 3.05) is 0 Å². The van der Waals surface area contributed by atoms with Gasteiger partial charge < -0.3 is 4.18 Å². The third kappa shape index (κ3) is 7.44. The van der Waals surface area contributed by atoms with Crippen LogP contribution in [-0.2, 0) is 14.3 Å². The maximum Gasteiger partial charge on any atom is 0.534 e. The van der Waals surface area contributed by atoms with Crippen molar-refractivity contribution in [3.8, 4) is 0 Å². The Kier molecular flexibility index (Phi) is 8.13. The summed E-state index contributed by atoms with van der Waals surface area (Å²) in [5.74, 6) is -0.0979. The smallest absolute Gasteiger partial charge is 0.381 e. The van der Waals surface area contributed by atoms with Crippen LogP contribution in [0.25, 0.3) is 0 Å². The quantitative estimate of drug-likeness (QED) is 0.272. The van der Waals surface area contributed by atoms with E-state index in [1.807, 2.05) is 13.8 Å². The highest BCUT2D eigenvalue weighted by Crippen LogP contribution is 2.28. The standard InChI is InChI=1S/C12H21F3O3S/c1-3-5-7-9-11(10-8-6-4-2)18-19(16,17)12(13,14)15/h9H,3-8,10H2,1-2H3/b11-9+. The monoisotopic (exact) mass is 302 g/mol. The lowest BCUT2D eigenvalue weighted by Crippen LogP contribution is -2.25. The maximum atomic E-state index is 12.2. The van der Waals surface area contributed by atoms with Gasteiger partial charge in [0.15, 0.2) is 0 Å². The number of alkyl halides is 3. The molecule has 0 saturated heterocycles. The molecule has 0 bridgehead atoms. The zero-order valence-corrected chi connectivity index (χ0v) is 12.1. The van der Waals surface area contributed by atoms with Gasteiger partial charge in [0.1, 0.15) is 5.76 Å². The van der Waals surface area contributed by atoms with Crippen LogP contribution >= 0.6 is 0 Å². The molecule has 0 heterocycles. The first-order valence-electron chi connectivity index (χ1n) is 6.44. The fraction of sp³-hybridized carbons (Fsp3) is 0.833. The molecule has 0 radical (unpaired) electrons. The molecule has 0 atom stereocenters. The number of halogens is 3. The van der Waals surface area contributed by atoms with Gasteiger partial charge in [-0.3, -0.25) is 0 Å². The van der Waals surface area contributed by atoms with Crippen LogP contribution in [0.4, 0.5) is 13.2 Å². The molecular formula is C12H21F3O3S. The van der Waals surface area contributed by atoms with Gasteiger partial charge in [-0.05, 0) is 25.3 Å². The second-order valence-corrected chi connectivity index (χ2v) is 5.79. The van der Waals surface area contributed by atoms with Gasteiger partial charge in [-0.2, -0.15) is 21.6 Å². The summed E-state index contributed by atoms with van der Waals surface area (Å²) < 4.78 is 62.8. The maximum absolute atomic E-state index is 12.2. The largest absolute Gasteiger partial charge is 0.534 e. The van der Waals surface area contributed by atoms with Crippen molar-refractivity contribution in [2.24, 2.45) is 0 Å². The molecule has 0 amide bonds. The Bertz CT molecular complexity index is 372. The van der Waals surface area contributed by atoms with Crippen LogP contribution in [0.3, 0.4) is 0 Å². The third-order valence-corrected chi connectivity index (χ3v) is 3.46. The van der Waals surface area contributed by atoms with Gasteiger partial charge in [0.2, 0.25) is 0 Å². The minimum Gasteiger partial charge on any atom is -0.381 e. The molecule has 0 N–H and O–H groups in total. The van der Waals surface area contributed by atoms with Crippen molar-refractivity contribution in [1.29, 1.82) is 0 Å². The number of unbranched alkanes of at least 4 members (excludes halogenated alkanes) is 4. The summed E-state index contributed by atoms with van der Waals surface area (Å²) in [5, 5.41) is 0. The molecule has 0 aliphatic rings. The normalized spacial score (nSPS) is 13.6. The Morgan fingerprint density at radius 2 is 1.68 bits per heavy atom. The summed E-state index contributed by atoms with van der Waals surface area (Å²) in [5.41, 5.74) is -5.37. The number of hydrogen-bond acceptors (Lipinski definition) is 3. The molecule has 0 fully saturated rings. The van der Waals surface area contributed by atoms with E-state index in [-0.39, 0.29) is 12.2 Å². The molecular weight excluding hydrogens is 281 g/mol. The molecule has 3 nitrogen and oxygen atoms in total. The topological polar surface area (TPSA) is 43.4 Å². The molecule has 0 spiro atoms. The third-order valence-electron chi connectivity index (χ3n) is 2.46. The summed E-state index contributed by atoms with van der Waals surface area (Å²) in [6, 6.07) is 0. The van der Waals surface area contributed by atoms with E-state index < -0.39 is 15.6 Å². The van der Waals surface area contributed by atoms with E-state index in [1.54, 1.807) is 0 Å². The average Bonchev–Trinajstić information content (AvgIpc) is 2.27. The fourth-order valence-electron chi connectivity index (χ4n) is 1.38. The van der Waals surface area contributed by atoms with E-state index in [2.05, 4.69) is 4.18 Å². The summed E-state index contributed by atoms with van der Waals surface area (Å²) in [7, 11) is -5.54. The van der Waals surface area contributed by atoms with E-state index in [0.29, 0.717) is 12.8 Å². The average molecular weight is 302 g/mol. The van der Waals surface area contributed by atoms with E-state index >= 15 is 0 Å². The van der Waals surface area contributed by atoms with Gasteiger partial charge in [0.05, 0.1) is 0 Å². The molecule has 19 heavy (non-hydrogen) atoms. The van der Waals surface area contributed by atoms with Gasteiger partial charge >= 0.3 is 15.6 Å². The van der Waals surface area contributed by atoms with Crippen molar-refractivity contribution in [2.45, 2.75) is 64.3 Å². The molecule has 0 aliphatic carbocycles. The Balaban J connectivity index is 4.70. The lowest BCUT2D eigenvalue weighted by Gasteiger charge is -2.12. The van der Waals surface area contributed by atoms with E-state index in [9.17, 15) is 21.6 Å². The minimum absolute atomic E-state index is 0.0979. The van der Waals surface area contributed by atoms with Crippen LogP contribution in [0.1, 0.15) is 58.8 Å². The van der Waals surface area contributed by atoms with Crippen LogP contribution in [0.5, 0.6) is 0 Å². The molecule has 0 aromatic rings. The van der Waals surface area contributed by atoms with Crippen LogP contribution < -0.4 is 0 Å². The SMILES string of the molecule is CCCC/C=C(\CCCCC)OS(=O)(=O)C(F)(F)F. The second kappa shape index (κ2) is 8.45. The van der Waals surface area contributed by atoms with Crippen molar-refractivity contribution in [3.63, 3.8) is 0 Å². The molecule has 0 unspecified atom stereocenters. The number of allylic oxidation sites excluding steroid dienone is 2. The molecule has 0 aromatic heterocycles. The van der Waals surface area contributed by atoms with Gasteiger partial charge in [0.25, 0.3) is 0 Å². The summed E-state index contributed by atoms with van der Waals surface area (Å²) in [6.45, 7) is 3.89. The van der Waals surface area contributed by atoms with Gasteiger partial charge in [-0.15, -0.1) is 0 Å². The Labute approximate surface area is 113 Å². The molecule has 0 saturated carbocycles. The molecule has 0 rings (SSSR count). The number of hydrogen-bond donors (Lipinski definition) is 0. The highest BCUT2D eigenvalue weighted by molar-refractivity contribution is 7.87. The van der Waals surface area contributed by atoms with Crippen LogP contribution in [0.2, 0.25) is 0 Å². The van der Waals surface area contributed by atoms with Crippen molar-refractivity contribution in [3.05, 3.63) is 11.8 Å². The van der Waals surface area contributed by atoms with Gasteiger partial charge in [-0.25, -0.2) is 0 Å². The van der Waals surface area contributed by atoms with E-state index in [0.717, 1.165) is 25.7 Å². The summed E-state index contributed by atoms with van der Waals surface area (Å²) >= 11 is 0.